The van der Waals surface area contributed by atoms with Crippen LogP contribution in [0.5, 0.6) is 0 Å². The summed E-state index contributed by atoms with van der Waals surface area (Å²) in [6.07, 6.45) is 6.30. The van der Waals surface area contributed by atoms with E-state index in [9.17, 15) is 0 Å². The van der Waals surface area contributed by atoms with Crippen LogP contribution in [0.3, 0.4) is 0 Å². The lowest BCUT2D eigenvalue weighted by molar-refractivity contribution is 0.715. The van der Waals surface area contributed by atoms with Crippen LogP contribution in [0.25, 0.3) is 0 Å². The maximum absolute atomic E-state index is 4.53. The molecule has 1 nitrogen and oxygen atoms in total. The standard InChI is InChI=1S/C10H19N/c1-5-8-10(7-3)11-9(4)6-2/h5,8-9H,6-7H2,1-4H3/b8-5-,11-10+. The van der Waals surface area contributed by atoms with Crippen molar-refractivity contribution in [3.63, 3.8) is 0 Å². The molecule has 0 heterocycles. The smallest absolute Gasteiger partial charge is 0.0472 e. The Bertz CT molecular complexity index is 145. The lowest BCUT2D eigenvalue weighted by Crippen LogP contribution is -2.00. The second-order valence-electron chi connectivity index (χ2n) is 2.73. The molecule has 0 bridgehead atoms. The molecular formula is C10H19N. The van der Waals surface area contributed by atoms with Gasteiger partial charge in [-0.15, -0.1) is 0 Å². The Morgan fingerprint density at radius 3 is 2.45 bits per heavy atom. The third-order valence-corrected chi connectivity index (χ3v) is 1.70. The van der Waals surface area contributed by atoms with Gasteiger partial charge in [-0.3, -0.25) is 4.99 Å². The van der Waals surface area contributed by atoms with E-state index in [1.54, 1.807) is 0 Å². The second kappa shape index (κ2) is 6.14. The van der Waals surface area contributed by atoms with Crippen molar-refractivity contribution in [3.05, 3.63) is 12.2 Å². The monoisotopic (exact) mass is 153 g/mol. The van der Waals surface area contributed by atoms with Crippen LogP contribution in [0.2, 0.25) is 0 Å². The number of hydrogen-bond acceptors (Lipinski definition) is 1. The fourth-order valence-electron chi connectivity index (χ4n) is 0.819. The Hall–Kier alpha value is -0.590. The first-order valence-corrected chi connectivity index (χ1v) is 4.43. The fourth-order valence-corrected chi connectivity index (χ4v) is 0.819. The predicted molar refractivity (Wildman–Crippen MR) is 52.3 cm³/mol. The predicted octanol–water partition coefficient (Wildman–Crippen LogP) is 3.21. The van der Waals surface area contributed by atoms with E-state index in [4.69, 9.17) is 0 Å². The first kappa shape index (κ1) is 10.4. The van der Waals surface area contributed by atoms with Crippen molar-refractivity contribution in [2.75, 3.05) is 0 Å². The summed E-state index contributed by atoms with van der Waals surface area (Å²) in [5.41, 5.74) is 1.21. The van der Waals surface area contributed by atoms with E-state index in [0.717, 1.165) is 12.8 Å². The Morgan fingerprint density at radius 2 is 2.09 bits per heavy atom. The van der Waals surface area contributed by atoms with Gasteiger partial charge in [0, 0.05) is 11.8 Å². The van der Waals surface area contributed by atoms with Crippen molar-refractivity contribution in [1.29, 1.82) is 0 Å². The van der Waals surface area contributed by atoms with Crippen LogP contribution in [-0.4, -0.2) is 11.8 Å². The van der Waals surface area contributed by atoms with Crippen LogP contribution in [0.15, 0.2) is 17.1 Å². The molecule has 0 amide bonds. The molecule has 11 heavy (non-hydrogen) atoms. The van der Waals surface area contributed by atoms with Crippen molar-refractivity contribution in [2.45, 2.75) is 46.6 Å². The fraction of sp³-hybridized carbons (Fsp3) is 0.700. The molecule has 1 unspecified atom stereocenters. The van der Waals surface area contributed by atoms with Crippen molar-refractivity contribution >= 4 is 5.71 Å². The Morgan fingerprint density at radius 1 is 1.45 bits per heavy atom. The minimum atomic E-state index is 0.473. The third kappa shape index (κ3) is 4.77. The Balaban J connectivity index is 4.10. The van der Waals surface area contributed by atoms with Gasteiger partial charge in [-0.25, -0.2) is 0 Å². The van der Waals surface area contributed by atoms with Gasteiger partial charge in [-0.2, -0.15) is 0 Å². The summed E-state index contributed by atoms with van der Waals surface area (Å²) >= 11 is 0. The molecule has 0 aromatic carbocycles. The maximum Gasteiger partial charge on any atom is 0.0472 e. The molecule has 1 atom stereocenters. The SMILES string of the molecule is C/C=C\C(CC)=N\C(C)CC. The molecule has 64 valence electrons. The van der Waals surface area contributed by atoms with E-state index in [1.165, 1.54) is 5.71 Å². The number of rotatable bonds is 4. The van der Waals surface area contributed by atoms with E-state index in [0.29, 0.717) is 6.04 Å². The summed E-state index contributed by atoms with van der Waals surface area (Å²) in [4.78, 5) is 4.53. The minimum absolute atomic E-state index is 0.473. The number of hydrogen-bond donors (Lipinski definition) is 0. The van der Waals surface area contributed by atoms with Gasteiger partial charge in [0.15, 0.2) is 0 Å². The van der Waals surface area contributed by atoms with E-state index in [1.807, 2.05) is 13.0 Å². The van der Waals surface area contributed by atoms with Gasteiger partial charge in [0.25, 0.3) is 0 Å². The molecule has 0 aliphatic heterocycles. The Kier molecular flexibility index (Phi) is 5.81. The number of nitrogens with zero attached hydrogens (tertiary/aromatic N) is 1. The highest BCUT2D eigenvalue weighted by atomic mass is 14.8. The topological polar surface area (TPSA) is 12.4 Å². The summed E-state index contributed by atoms with van der Waals surface area (Å²) in [7, 11) is 0. The summed E-state index contributed by atoms with van der Waals surface area (Å²) < 4.78 is 0. The highest BCUT2D eigenvalue weighted by Crippen LogP contribution is 1.99. The summed E-state index contributed by atoms with van der Waals surface area (Å²) in [6, 6.07) is 0.473. The summed E-state index contributed by atoms with van der Waals surface area (Å²) in [5, 5.41) is 0. The normalized spacial score (nSPS) is 15.8. The van der Waals surface area contributed by atoms with Crippen LogP contribution < -0.4 is 0 Å². The molecule has 0 aliphatic rings. The molecule has 0 N–H and O–H groups in total. The molecular weight excluding hydrogens is 134 g/mol. The lowest BCUT2D eigenvalue weighted by Gasteiger charge is -2.03. The van der Waals surface area contributed by atoms with Crippen LogP contribution in [0.4, 0.5) is 0 Å². The zero-order chi connectivity index (χ0) is 8.69. The van der Waals surface area contributed by atoms with Gasteiger partial charge in [-0.05, 0) is 32.8 Å². The lowest BCUT2D eigenvalue weighted by atomic mass is 10.2. The van der Waals surface area contributed by atoms with Crippen molar-refractivity contribution in [3.8, 4) is 0 Å². The summed E-state index contributed by atoms with van der Waals surface area (Å²) in [6.45, 7) is 8.49. The van der Waals surface area contributed by atoms with E-state index >= 15 is 0 Å². The van der Waals surface area contributed by atoms with Gasteiger partial charge in [0.1, 0.15) is 0 Å². The van der Waals surface area contributed by atoms with Gasteiger partial charge in [0.05, 0.1) is 0 Å². The molecule has 0 saturated heterocycles. The highest BCUT2D eigenvalue weighted by Gasteiger charge is 1.95. The first-order chi connectivity index (χ1) is 5.24. The average Bonchev–Trinajstić information content (AvgIpc) is 2.03. The molecule has 1 heteroatoms. The molecule has 0 spiro atoms. The van der Waals surface area contributed by atoms with Crippen LogP contribution in [0.1, 0.15) is 40.5 Å². The van der Waals surface area contributed by atoms with Crippen molar-refractivity contribution < 1.29 is 0 Å². The van der Waals surface area contributed by atoms with E-state index in [-0.39, 0.29) is 0 Å². The van der Waals surface area contributed by atoms with Gasteiger partial charge >= 0.3 is 0 Å². The number of allylic oxidation sites excluding steroid dienone is 2. The third-order valence-electron chi connectivity index (χ3n) is 1.70. The zero-order valence-electron chi connectivity index (χ0n) is 8.09. The molecule has 0 rings (SSSR count). The van der Waals surface area contributed by atoms with Gasteiger partial charge in [0.2, 0.25) is 0 Å². The van der Waals surface area contributed by atoms with Gasteiger partial charge < -0.3 is 0 Å². The quantitative estimate of drug-likeness (QED) is 0.550. The molecule has 0 aromatic rings. The van der Waals surface area contributed by atoms with Crippen LogP contribution >= 0.6 is 0 Å². The maximum atomic E-state index is 4.53. The first-order valence-electron chi connectivity index (χ1n) is 4.43. The highest BCUT2D eigenvalue weighted by molar-refractivity contribution is 5.94. The Labute approximate surface area is 70.2 Å². The van der Waals surface area contributed by atoms with E-state index in [2.05, 4.69) is 31.8 Å². The molecule has 0 fully saturated rings. The van der Waals surface area contributed by atoms with Crippen molar-refractivity contribution in [2.24, 2.45) is 4.99 Å². The molecule has 0 radical (unpaired) electrons. The molecule has 0 aliphatic carbocycles. The van der Waals surface area contributed by atoms with Crippen LogP contribution in [-0.2, 0) is 0 Å². The van der Waals surface area contributed by atoms with Crippen molar-refractivity contribution in [1.82, 2.24) is 0 Å². The zero-order valence-corrected chi connectivity index (χ0v) is 8.09. The molecule has 0 saturated carbocycles. The second-order valence-corrected chi connectivity index (χ2v) is 2.73. The van der Waals surface area contributed by atoms with Gasteiger partial charge in [-0.1, -0.05) is 19.9 Å². The number of aliphatic imine (C=N–C) groups is 1. The largest absolute Gasteiger partial charge is 0.287 e. The van der Waals surface area contributed by atoms with Crippen LogP contribution in [0, 0.1) is 0 Å². The average molecular weight is 153 g/mol. The minimum Gasteiger partial charge on any atom is -0.287 e. The summed E-state index contributed by atoms with van der Waals surface area (Å²) in [5.74, 6) is 0. The molecule has 0 aromatic heterocycles. The van der Waals surface area contributed by atoms with E-state index < -0.39 is 0 Å².